The zero-order valence-corrected chi connectivity index (χ0v) is 15.1. The zero-order valence-electron chi connectivity index (χ0n) is 15.1. The molecular formula is C18H36N4. The van der Waals surface area contributed by atoms with Gasteiger partial charge in [-0.05, 0) is 51.4 Å². The minimum Gasteiger partial charge on any atom is -0.356 e. The van der Waals surface area contributed by atoms with Gasteiger partial charge in [0, 0.05) is 38.8 Å². The summed E-state index contributed by atoms with van der Waals surface area (Å²) in [5.41, 5.74) is 0. The minimum atomic E-state index is 0.575. The van der Waals surface area contributed by atoms with Crippen LogP contribution in [0.1, 0.15) is 59.3 Å². The SMILES string of the molecule is CN=C(NCC1CCCC(C)C1)NC1CCN(C(C)C)CC1. The summed E-state index contributed by atoms with van der Waals surface area (Å²) in [6.07, 6.45) is 8.00. The van der Waals surface area contributed by atoms with Gasteiger partial charge >= 0.3 is 0 Å². The molecule has 2 fully saturated rings. The minimum absolute atomic E-state index is 0.575. The van der Waals surface area contributed by atoms with Gasteiger partial charge in [-0.2, -0.15) is 0 Å². The van der Waals surface area contributed by atoms with Crippen molar-refractivity contribution in [3.63, 3.8) is 0 Å². The smallest absolute Gasteiger partial charge is 0.191 e. The third kappa shape index (κ3) is 5.45. The van der Waals surface area contributed by atoms with E-state index in [0.717, 1.165) is 24.3 Å². The molecule has 0 aromatic heterocycles. The van der Waals surface area contributed by atoms with Crippen molar-refractivity contribution < 1.29 is 0 Å². The Morgan fingerprint density at radius 3 is 2.50 bits per heavy atom. The van der Waals surface area contributed by atoms with Crippen LogP contribution in [0.2, 0.25) is 0 Å². The Morgan fingerprint density at radius 2 is 1.91 bits per heavy atom. The van der Waals surface area contributed by atoms with E-state index in [1.807, 2.05) is 7.05 Å². The maximum absolute atomic E-state index is 4.42. The van der Waals surface area contributed by atoms with E-state index in [4.69, 9.17) is 0 Å². The highest BCUT2D eigenvalue weighted by atomic mass is 15.2. The van der Waals surface area contributed by atoms with Gasteiger partial charge in [0.2, 0.25) is 0 Å². The van der Waals surface area contributed by atoms with Crippen molar-refractivity contribution in [3.05, 3.63) is 0 Å². The first-order chi connectivity index (χ1) is 10.6. The Kier molecular flexibility index (Phi) is 7.00. The quantitative estimate of drug-likeness (QED) is 0.620. The Labute approximate surface area is 137 Å². The first-order valence-corrected chi connectivity index (χ1v) is 9.29. The van der Waals surface area contributed by atoms with Gasteiger partial charge in [0.1, 0.15) is 0 Å². The molecule has 4 heteroatoms. The fourth-order valence-corrected chi connectivity index (χ4v) is 3.93. The van der Waals surface area contributed by atoms with E-state index in [9.17, 15) is 0 Å². The number of guanidine groups is 1. The van der Waals surface area contributed by atoms with E-state index in [2.05, 4.69) is 41.3 Å². The van der Waals surface area contributed by atoms with Crippen LogP contribution in [0.4, 0.5) is 0 Å². The molecule has 128 valence electrons. The number of nitrogens with zero attached hydrogens (tertiary/aromatic N) is 2. The molecule has 0 amide bonds. The van der Waals surface area contributed by atoms with Crippen molar-refractivity contribution in [3.8, 4) is 0 Å². The van der Waals surface area contributed by atoms with Gasteiger partial charge in [-0.1, -0.05) is 19.8 Å². The molecule has 2 N–H and O–H groups in total. The topological polar surface area (TPSA) is 39.7 Å². The highest BCUT2D eigenvalue weighted by Gasteiger charge is 2.22. The van der Waals surface area contributed by atoms with Crippen molar-refractivity contribution in [2.24, 2.45) is 16.8 Å². The Hall–Kier alpha value is -0.770. The summed E-state index contributed by atoms with van der Waals surface area (Å²) in [6, 6.07) is 1.25. The lowest BCUT2D eigenvalue weighted by atomic mass is 9.82. The number of hydrogen-bond donors (Lipinski definition) is 2. The summed E-state index contributed by atoms with van der Waals surface area (Å²) in [7, 11) is 1.89. The first-order valence-electron chi connectivity index (χ1n) is 9.29. The molecule has 2 rings (SSSR count). The van der Waals surface area contributed by atoms with Crippen LogP contribution in [0, 0.1) is 11.8 Å². The van der Waals surface area contributed by atoms with Crippen molar-refractivity contribution in [1.29, 1.82) is 0 Å². The molecule has 0 radical (unpaired) electrons. The van der Waals surface area contributed by atoms with Gasteiger partial charge in [0.25, 0.3) is 0 Å². The second-order valence-corrected chi connectivity index (χ2v) is 7.64. The largest absolute Gasteiger partial charge is 0.356 e. The second kappa shape index (κ2) is 8.76. The molecule has 2 unspecified atom stereocenters. The fraction of sp³-hybridized carbons (Fsp3) is 0.944. The molecule has 0 aromatic rings. The van der Waals surface area contributed by atoms with Crippen molar-refractivity contribution in [1.82, 2.24) is 15.5 Å². The second-order valence-electron chi connectivity index (χ2n) is 7.64. The molecule has 0 spiro atoms. The number of hydrogen-bond acceptors (Lipinski definition) is 2. The summed E-state index contributed by atoms with van der Waals surface area (Å²) in [6.45, 7) is 10.5. The van der Waals surface area contributed by atoms with Crippen LogP contribution in [-0.2, 0) is 0 Å². The number of nitrogens with one attached hydrogen (secondary N) is 2. The molecule has 1 aliphatic carbocycles. The van der Waals surface area contributed by atoms with E-state index in [1.54, 1.807) is 0 Å². The van der Waals surface area contributed by atoms with E-state index < -0.39 is 0 Å². The molecule has 1 heterocycles. The van der Waals surface area contributed by atoms with Gasteiger partial charge in [-0.3, -0.25) is 4.99 Å². The average Bonchev–Trinajstić information content (AvgIpc) is 2.52. The van der Waals surface area contributed by atoms with Crippen molar-refractivity contribution in [2.45, 2.75) is 71.4 Å². The third-order valence-corrected chi connectivity index (χ3v) is 5.43. The molecule has 1 saturated heterocycles. The third-order valence-electron chi connectivity index (χ3n) is 5.43. The summed E-state index contributed by atoms with van der Waals surface area (Å²) in [5, 5.41) is 7.19. The Morgan fingerprint density at radius 1 is 1.18 bits per heavy atom. The number of rotatable bonds is 4. The highest BCUT2D eigenvalue weighted by molar-refractivity contribution is 5.79. The fourth-order valence-electron chi connectivity index (χ4n) is 3.93. The lowest BCUT2D eigenvalue weighted by Gasteiger charge is -2.35. The van der Waals surface area contributed by atoms with Gasteiger partial charge in [-0.15, -0.1) is 0 Å². The van der Waals surface area contributed by atoms with Gasteiger partial charge in [0.15, 0.2) is 5.96 Å². The highest BCUT2D eigenvalue weighted by Crippen LogP contribution is 2.27. The molecule has 2 atom stereocenters. The average molecular weight is 309 g/mol. The molecule has 1 aliphatic heterocycles. The van der Waals surface area contributed by atoms with Crippen molar-refractivity contribution >= 4 is 5.96 Å². The van der Waals surface area contributed by atoms with E-state index in [-0.39, 0.29) is 0 Å². The van der Waals surface area contributed by atoms with Crippen LogP contribution in [0.25, 0.3) is 0 Å². The monoisotopic (exact) mass is 308 g/mol. The van der Waals surface area contributed by atoms with Crippen LogP contribution < -0.4 is 10.6 Å². The van der Waals surface area contributed by atoms with Crippen molar-refractivity contribution in [2.75, 3.05) is 26.7 Å². The predicted octanol–water partition coefficient (Wildman–Crippen LogP) is 2.85. The van der Waals surface area contributed by atoms with Crippen LogP contribution in [0.15, 0.2) is 4.99 Å². The van der Waals surface area contributed by atoms with Gasteiger partial charge in [-0.25, -0.2) is 0 Å². The normalized spacial score (nSPS) is 28.9. The number of piperidine rings is 1. The molecule has 22 heavy (non-hydrogen) atoms. The summed E-state index contributed by atoms with van der Waals surface area (Å²) < 4.78 is 0. The molecule has 0 bridgehead atoms. The molecule has 0 aromatic carbocycles. The molecule has 1 saturated carbocycles. The summed E-state index contributed by atoms with van der Waals surface area (Å²) in [5.74, 6) is 2.72. The zero-order chi connectivity index (χ0) is 15.9. The van der Waals surface area contributed by atoms with Crippen LogP contribution in [0.5, 0.6) is 0 Å². The maximum atomic E-state index is 4.42. The number of aliphatic imine (C=N–C) groups is 1. The lowest BCUT2D eigenvalue weighted by Crippen LogP contribution is -2.50. The first kappa shape index (κ1) is 17.6. The number of likely N-dealkylation sites (tertiary alicyclic amines) is 1. The molecule has 2 aliphatic rings. The molecular weight excluding hydrogens is 272 g/mol. The van der Waals surface area contributed by atoms with Crippen LogP contribution >= 0.6 is 0 Å². The standard InChI is InChI=1S/C18H36N4/c1-14(2)22-10-8-17(9-11-22)21-18(19-4)20-13-16-7-5-6-15(3)12-16/h14-17H,5-13H2,1-4H3,(H2,19,20,21). The van der Waals surface area contributed by atoms with Crippen LogP contribution in [-0.4, -0.2) is 49.6 Å². The van der Waals surface area contributed by atoms with Gasteiger partial charge in [0.05, 0.1) is 0 Å². The van der Waals surface area contributed by atoms with E-state index in [1.165, 1.54) is 51.6 Å². The maximum Gasteiger partial charge on any atom is 0.191 e. The van der Waals surface area contributed by atoms with Gasteiger partial charge < -0.3 is 15.5 Å². The lowest BCUT2D eigenvalue weighted by molar-refractivity contribution is 0.167. The molecule has 4 nitrogen and oxygen atoms in total. The predicted molar refractivity (Wildman–Crippen MR) is 95.4 cm³/mol. The van der Waals surface area contributed by atoms with Crippen LogP contribution in [0.3, 0.4) is 0 Å². The Bertz CT molecular complexity index is 345. The summed E-state index contributed by atoms with van der Waals surface area (Å²) in [4.78, 5) is 6.99. The van der Waals surface area contributed by atoms with E-state index >= 15 is 0 Å². The summed E-state index contributed by atoms with van der Waals surface area (Å²) >= 11 is 0. The Balaban J connectivity index is 1.69. The van der Waals surface area contributed by atoms with E-state index in [0.29, 0.717) is 12.1 Å².